The van der Waals surface area contributed by atoms with Crippen LogP contribution in [0.25, 0.3) is 0 Å². The van der Waals surface area contributed by atoms with Gasteiger partial charge in [0.05, 0.1) is 18.8 Å². The molecule has 28 heavy (non-hydrogen) atoms. The summed E-state index contributed by atoms with van der Waals surface area (Å²) in [6.07, 6.45) is 13.0. The lowest BCUT2D eigenvalue weighted by atomic mass is 9.44. The molecular formula is C24H43NO3. The molecule has 0 unspecified atom stereocenters. The van der Waals surface area contributed by atoms with Crippen LogP contribution in [0.15, 0.2) is 0 Å². The molecule has 0 amide bonds. The smallest absolute Gasteiger partial charge is 0.0830 e. The van der Waals surface area contributed by atoms with Crippen molar-refractivity contribution in [3.8, 4) is 0 Å². The maximum Gasteiger partial charge on any atom is 0.0830 e. The maximum absolute atomic E-state index is 11.9. The Morgan fingerprint density at radius 2 is 1.54 bits per heavy atom. The largest absolute Gasteiger partial charge is 0.395 e. The Hall–Kier alpha value is -0.160. The van der Waals surface area contributed by atoms with Crippen LogP contribution in [-0.4, -0.2) is 58.7 Å². The first-order valence-corrected chi connectivity index (χ1v) is 12.0. The van der Waals surface area contributed by atoms with Gasteiger partial charge in [-0.3, -0.25) is 4.90 Å². The van der Waals surface area contributed by atoms with E-state index >= 15 is 0 Å². The molecule has 4 rings (SSSR count). The summed E-state index contributed by atoms with van der Waals surface area (Å²) in [5.41, 5.74) is -0.157. The molecule has 0 aromatic carbocycles. The predicted octanol–water partition coefficient (Wildman–Crippen LogP) is 3.44. The predicted molar refractivity (Wildman–Crippen MR) is 112 cm³/mol. The van der Waals surface area contributed by atoms with E-state index in [1.165, 1.54) is 44.9 Å². The Bertz CT molecular complexity index is 550. The van der Waals surface area contributed by atoms with E-state index in [2.05, 4.69) is 18.7 Å². The lowest BCUT2D eigenvalue weighted by molar-refractivity contribution is -0.158. The van der Waals surface area contributed by atoms with E-state index < -0.39 is 5.60 Å². The van der Waals surface area contributed by atoms with Crippen LogP contribution in [0.5, 0.6) is 0 Å². The molecular weight excluding hydrogens is 350 g/mol. The second-order valence-corrected chi connectivity index (χ2v) is 11.2. The third kappa shape index (κ3) is 3.18. The molecule has 7 atom stereocenters. The summed E-state index contributed by atoms with van der Waals surface area (Å²) in [4.78, 5) is 2.07. The van der Waals surface area contributed by atoms with E-state index in [1.54, 1.807) is 0 Å². The number of hydrogen-bond acceptors (Lipinski definition) is 4. The molecule has 4 aliphatic carbocycles. The number of fused-ring (bicyclic) bond motifs is 5. The molecule has 0 aromatic heterocycles. The van der Waals surface area contributed by atoms with Crippen LogP contribution in [0.1, 0.15) is 78.1 Å². The average molecular weight is 394 g/mol. The van der Waals surface area contributed by atoms with Crippen molar-refractivity contribution < 1.29 is 15.3 Å². The van der Waals surface area contributed by atoms with E-state index in [0.717, 1.165) is 37.0 Å². The quantitative estimate of drug-likeness (QED) is 0.647. The Labute approximate surface area is 171 Å². The Morgan fingerprint density at radius 1 is 0.821 bits per heavy atom. The van der Waals surface area contributed by atoms with Gasteiger partial charge in [0, 0.05) is 25.0 Å². The highest BCUT2D eigenvalue weighted by Gasteiger charge is 2.64. The zero-order chi connectivity index (χ0) is 20.0. The van der Waals surface area contributed by atoms with Gasteiger partial charge in [0.25, 0.3) is 0 Å². The number of aliphatic hydroxyl groups is 3. The van der Waals surface area contributed by atoms with Crippen LogP contribution in [0, 0.1) is 34.5 Å². The third-order valence-corrected chi connectivity index (χ3v) is 10.2. The topological polar surface area (TPSA) is 63.9 Å². The van der Waals surface area contributed by atoms with Gasteiger partial charge in [-0.2, -0.15) is 0 Å². The minimum atomic E-state index is -0.683. The molecule has 0 heterocycles. The van der Waals surface area contributed by atoms with Crippen LogP contribution < -0.4 is 0 Å². The lowest BCUT2D eigenvalue weighted by Gasteiger charge is -2.61. The fraction of sp³-hybridized carbons (Fsp3) is 1.00. The van der Waals surface area contributed by atoms with Gasteiger partial charge < -0.3 is 15.3 Å². The molecule has 0 saturated heterocycles. The van der Waals surface area contributed by atoms with Crippen LogP contribution in [-0.2, 0) is 0 Å². The lowest BCUT2D eigenvalue weighted by Crippen LogP contribution is -2.59. The molecule has 3 N–H and O–H groups in total. The Kier molecular flexibility index (Phi) is 5.90. The van der Waals surface area contributed by atoms with Gasteiger partial charge >= 0.3 is 0 Å². The van der Waals surface area contributed by atoms with Crippen molar-refractivity contribution in [2.24, 2.45) is 34.5 Å². The van der Waals surface area contributed by atoms with Gasteiger partial charge in [0.2, 0.25) is 0 Å². The summed E-state index contributed by atoms with van der Waals surface area (Å²) in [5.74, 6) is 3.23. The number of aliphatic hydroxyl groups excluding tert-OH is 2. The minimum absolute atomic E-state index is 0.0187. The summed E-state index contributed by atoms with van der Waals surface area (Å²) in [6, 6.07) is 0. The fourth-order valence-corrected chi connectivity index (χ4v) is 8.59. The van der Waals surface area contributed by atoms with Crippen LogP contribution in [0.2, 0.25) is 0 Å². The minimum Gasteiger partial charge on any atom is -0.395 e. The summed E-state index contributed by atoms with van der Waals surface area (Å²) in [5, 5.41) is 30.7. The van der Waals surface area contributed by atoms with Crippen molar-refractivity contribution in [3.05, 3.63) is 0 Å². The molecule has 4 aliphatic rings. The normalized spacial score (nSPS) is 48.2. The van der Waals surface area contributed by atoms with Crippen molar-refractivity contribution in [1.82, 2.24) is 4.90 Å². The summed E-state index contributed by atoms with van der Waals surface area (Å²) < 4.78 is 0. The molecule has 0 aliphatic heterocycles. The van der Waals surface area contributed by atoms with E-state index in [4.69, 9.17) is 0 Å². The SMILES string of the molecule is C[C@]12CCCC[C@@H]1CC[C@@H]1[C@@H]2CC[C@@]2(C)[C@H]1CC[C@]2(O)CN(CCO)CCO. The van der Waals surface area contributed by atoms with Gasteiger partial charge in [-0.05, 0) is 80.5 Å². The van der Waals surface area contributed by atoms with Crippen molar-refractivity contribution in [2.75, 3.05) is 32.8 Å². The molecule has 0 radical (unpaired) electrons. The van der Waals surface area contributed by atoms with Crippen molar-refractivity contribution >= 4 is 0 Å². The first-order valence-electron chi connectivity index (χ1n) is 12.0. The van der Waals surface area contributed by atoms with E-state index in [9.17, 15) is 15.3 Å². The summed E-state index contributed by atoms with van der Waals surface area (Å²) in [6.45, 7) is 6.82. The van der Waals surface area contributed by atoms with Crippen molar-refractivity contribution in [3.63, 3.8) is 0 Å². The number of rotatable bonds is 6. The van der Waals surface area contributed by atoms with E-state index in [0.29, 0.717) is 31.0 Å². The van der Waals surface area contributed by atoms with E-state index in [-0.39, 0.29) is 18.6 Å². The molecule has 0 bridgehead atoms. The van der Waals surface area contributed by atoms with Gasteiger partial charge in [-0.1, -0.05) is 26.7 Å². The third-order valence-electron chi connectivity index (χ3n) is 10.2. The first kappa shape index (κ1) is 21.1. The second kappa shape index (κ2) is 7.83. The molecule has 0 spiro atoms. The van der Waals surface area contributed by atoms with Crippen molar-refractivity contribution in [1.29, 1.82) is 0 Å². The number of nitrogens with zero attached hydrogens (tertiary/aromatic N) is 1. The van der Waals surface area contributed by atoms with Crippen LogP contribution >= 0.6 is 0 Å². The van der Waals surface area contributed by atoms with E-state index in [1.807, 2.05) is 0 Å². The second-order valence-electron chi connectivity index (χ2n) is 11.2. The Balaban J connectivity index is 1.54. The van der Waals surface area contributed by atoms with Gasteiger partial charge in [-0.15, -0.1) is 0 Å². The van der Waals surface area contributed by atoms with Crippen LogP contribution in [0.3, 0.4) is 0 Å². The van der Waals surface area contributed by atoms with Crippen molar-refractivity contribution in [2.45, 2.75) is 83.7 Å². The van der Waals surface area contributed by atoms with Gasteiger partial charge in [0.15, 0.2) is 0 Å². The Morgan fingerprint density at radius 3 is 2.25 bits per heavy atom. The zero-order valence-corrected chi connectivity index (χ0v) is 18.2. The highest BCUT2D eigenvalue weighted by molar-refractivity contribution is 5.14. The molecule has 4 fully saturated rings. The van der Waals surface area contributed by atoms with Gasteiger partial charge in [0.1, 0.15) is 0 Å². The molecule has 162 valence electrons. The molecule has 4 nitrogen and oxygen atoms in total. The molecule has 4 saturated carbocycles. The van der Waals surface area contributed by atoms with Gasteiger partial charge in [-0.25, -0.2) is 0 Å². The zero-order valence-electron chi connectivity index (χ0n) is 18.2. The highest BCUT2D eigenvalue weighted by atomic mass is 16.3. The fourth-order valence-electron chi connectivity index (χ4n) is 8.59. The molecule has 0 aromatic rings. The van der Waals surface area contributed by atoms with Crippen LogP contribution in [0.4, 0.5) is 0 Å². The summed E-state index contributed by atoms with van der Waals surface area (Å²) >= 11 is 0. The first-order chi connectivity index (χ1) is 13.4. The number of hydrogen-bond donors (Lipinski definition) is 3. The summed E-state index contributed by atoms with van der Waals surface area (Å²) in [7, 11) is 0. The monoisotopic (exact) mass is 393 g/mol. The standard InChI is InChI=1S/C24H43NO3/c1-22-10-4-3-5-18(22)6-7-19-20(22)8-11-23(2)21(19)9-12-24(23,28)17-25(13-15-26)14-16-27/h18-21,26-28H,3-17H2,1-2H3/t18-,19-,20+,21+,22+,23+,24+/m1/s1. The molecule has 4 heteroatoms. The highest BCUT2D eigenvalue weighted by Crippen LogP contribution is 2.68. The average Bonchev–Trinajstić information content (AvgIpc) is 2.93. The maximum atomic E-state index is 11.9.